The van der Waals surface area contributed by atoms with Crippen molar-refractivity contribution in [3.8, 4) is 0 Å². The van der Waals surface area contributed by atoms with Crippen LogP contribution in [0.1, 0.15) is 30.4 Å². The number of thiophene rings is 1. The Morgan fingerprint density at radius 2 is 2.24 bits per heavy atom. The van der Waals surface area contributed by atoms with Gasteiger partial charge in [0.1, 0.15) is 12.3 Å². The van der Waals surface area contributed by atoms with Crippen molar-refractivity contribution in [2.45, 2.75) is 19.3 Å². The average molecular weight is 304 g/mol. The van der Waals surface area contributed by atoms with Crippen molar-refractivity contribution in [2.75, 3.05) is 6.61 Å². The molecule has 2 rings (SSSR count). The Kier molecular flexibility index (Phi) is 5.90. The molecule has 0 saturated carbocycles. The highest BCUT2D eigenvalue weighted by atomic mass is 32.1. The molecule has 110 valence electrons. The lowest BCUT2D eigenvalue weighted by Crippen LogP contribution is -2.04. The molecule has 0 fully saturated rings. The number of aromatic nitrogens is 1. The minimum Gasteiger partial charge on any atom is -0.481 e. The molecule has 5 nitrogen and oxygen atoms in total. The maximum Gasteiger partial charge on any atom is 0.303 e. The van der Waals surface area contributed by atoms with Crippen LogP contribution in [0.25, 0.3) is 0 Å². The predicted molar refractivity (Wildman–Crippen MR) is 81.6 cm³/mol. The highest BCUT2D eigenvalue weighted by molar-refractivity contribution is 7.08. The first-order valence-electron chi connectivity index (χ1n) is 6.62. The van der Waals surface area contributed by atoms with Crippen LogP contribution in [0.4, 0.5) is 0 Å². The minimum absolute atomic E-state index is 0.160. The zero-order chi connectivity index (χ0) is 14.9. The molecule has 0 aliphatic carbocycles. The summed E-state index contributed by atoms with van der Waals surface area (Å²) in [5, 5.41) is 16.7. The third-order valence-electron chi connectivity index (χ3n) is 2.76. The number of nitrogens with zero attached hydrogens (tertiary/aromatic N) is 2. The van der Waals surface area contributed by atoms with E-state index in [-0.39, 0.29) is 6.42 Å². The van der Waals surface area contributed by atoms with E-state index in [0.717, 1.165) is 16.8 Å². The summed E-state index contributed by atoms with van der Waals surface area (Å²) in [6.07, 6.45) is 4.87. The van der Waals surface area contributed by atoms with Gasteiger partial charge in [0.25, 0.3) is 0 Å². The number of oxime groups is 1. The van der Waals surface area contributed by atoms with Crippen LogP contribution >= 0.6 is 11.3 Å². The molecule has 0 spiro atoms. The smallest absolute Gasteiger partial charge is 0.303 e. The number of hydrogen-bond acceptors (Lipinski definition) is 5. The van der Waals surface area contributed by atoms with Gasteiger partial charge in [-0.15, -0.1) is 0 Å². The van der Waals surface area contributed by atoms with Crippen LogP contribution in [0.15, 0.2) is 46.5 Å². The number of aliphatic carboxylic acids is 1. The highest BCUT2D eigenvalue weighted by Crippen LogP contribution is 2.14. The van der Waals surface area contributed by atoms with E-state index in [9.17, 15) is 4.79 Å². The second kappa shape index (κ2) is 8.16. The standard InChI is InChI=1S/C15H16N2O3S/c18-14(19)5-1-2-8-20-17-15(13-6-9-21-11-13)12-4-3-7-16-10-12/h3-4,6-7,9-11H,1-2,5,8H2,(H,18,19)/b17-15-. The Labute approximate surface area is 126 Å². The summed E-state index contributed by atoms with van der Waals surface area (Å²) < 4.78 is 0. The summed E-state index contributed by atoms with van der Waals surface area (Å²) in [6.45, 7) is 0.404. The number of carbonyl (C=O) groups is 1. The number of rotatable bonds is 8. The number of hydrogen-bond donors (Lipinski definition) is 1. The van der Waals surface area contributed by atoms with Gasteiger partial charge in [-0.25, -0.2) is 0 Å². The first-order valence-corrected chi connectivity index (χ1v) is 7.56. The molecule has 1 N–H and O–H groups in total. The van der Waals surface area contributed by atoms with Gasteiger partial charge in [-0.3, -0.25) is 9.78 Å². The van der Waals surface area contributed by atoms with Crippen LogP contribution in [-0.2, 0) is 9.63 Å². The average Bonchev–Trinajstić information content (AvgIpc) is 3.01. The monoisotopic (exact) mass is 304 g/mol. The second-order valence-corrected chi connectivity index (χ2v) is 5.16. The SMILES string of the molecule is O=C(O)CCCCO/N=C(/c1cccnc1)c1ccsc1. The zero-order valence-electron chi connectivity index (χ0n) is 11.4. The summed E-state index contributed by atoms with van der Waals surface area (Å²) in [4.78, 5) is 19.8. The van der Waals surface area contributed by atoms with Crippen LogP contribution in [0, 0.1) is 0 Å². The summed E-state index contributed by atoms with van der Waals surface area (Å²) in [5.41, 5.74) is 2.61. The molecule has 0 aliphatic rings. The molecule has 0 aliphatic heterocycles. The lowest BCUT2D eigenvalue weighted by Gasteiger charge is -2.05. The largest absolute Gasteiger partial charge is 0.481 e. The number of carboxylic acids is 1. The fraction of sp³-hybridized carbons (Fsp3) is 0.267. The molecule has 0 saturated heterocycles. The molecule has 2 aromatic rings. The van der Waals surface area contributed by atoms with Gasteiger partial charge in [0.05, 0.1) is 0 Å². The molecule has 0 unspecified atom stereocenters. The maximum absolute atomic E-state index is 10.4. The summed E-state index contributed by atoms with van der Waals surface area (Å²) in [5.74, 6) is -0.784. The zero-order valence-corrected chi connectivity index (χ0v) is 12.3. The van der Waals surface area contributed by atoms with Gasteiger partial charge in [0.15, 0.2) is 0 Å². The highest BCUT2D eigenvalue weighted by Gasteiger charge is 2.08. The Morgan fingerprint density at radius 3 is 2.90 bits per heavy atom. The van der Waals surface area contributed by atoms with E-state index in [4.69, 9.17) is 9.94 Å². The van der Waals surface area contributed by atoms with E-state index < -0.39 is 5.97 Å². The lowest BCUT2D eigenvalue weighted by atomic mass is 10.1. The molecule has 0 radical (unpaired) electrons. The van der Waals surface area contributed by atoms with Gasteiger partial charge in [0, 0.05) is 35.3 Å². The van der Waals surface area contributed by atoms with Crippen LogP contribution in [0.2, 0.25) is 0 Å². The lowest BCUT2D eigenvalue weighted by molar-refractivity contribution is -0.137. The quantitative estimate of drug-likeness (QED) is 0.462. The van der Waals surface area contributed by atoms with Crippen molar-refractivity contribution in [1.29, 1.82) is 0 Å². The predicted octanol–water partition coefficient (Wildman–Crippen LogP) is 3.17. The van der Waals surface area contributed by atoms with Crippen molar-refractivity contribution in [3.05, 3.63) is 52.5 Å². The van der Waals surface area contributed by atoms with E-state index in [0.29, 0.717) is 19.4 Å². The summed E-state index contributed by atoms with van der Waals surface area (Å²) in [6, 6.07) is 5.76. The molecule has 0 amide bonds. The molecule has 6 heteroatoms. The van der Waals surface area contributed by atoms with E-state index in [2.05, 4.69) is 10.1 Å². The molecule has 21 heavy (non-hydrogen) atoms. The van der Waals surface area contributed by atoms with Crippen molar-refractivity contribution in [2.24, 2.45) is 5.16 Å². The minimum atomic E-state index is -0.784. The van der Waals surface area contributed by atoms with Crippen molar-refractivity contribution < 1.29 is 14.7 Å². The fourth-order valence-corrected chi connectivity index (χ4v) is 2.37. The van der Waals surface area contributed by atoms with E-state index in [1.54, 1.807) is 23.7 Å². The maximum atomic E-state index is 10.4. The van der Waals surface area contributed by atoms with Crippen LogP contribution < -0.4 is 0 Å². The van der Waals surface area contributed by atoms with Crippen LogP contribution in [-0.4, -0.2) is 28.4 Å². The number of unbranched alkanes of at least 4 members (excludes halogenated alkanes) is 1. The van der Waals surface area contributed by atoms with E-state index in [1.807, 2.05) is 29.0 Å². The second-order valence-electron chi connectivity index (χ2n) is 4.38. The molecule has 0 atom stereocenters. The van der Waals surface area contributed by atoms with Crippen molar-refractivity contribution in [3.63, 3.8) is 0 Å². The number of pyridine rings is 1. The summed E-state index contributed by atoms with van der Waals surface area (Å²) in [7, 11) is 0. The molecular formula is C15H16N2O3S. The first kappa shape index (κ1) is 15.2. The Hall–Kier alpha value is -2.21. The fourth-order valence-electron chi connectivity index (χ4n) is 1.73. The third kappa shape index (κ3) is 5.00. The van der Waals surface area contributed by atoms with Gasteiger partial charge < -0.3 is 9.94 Å². The summed E-state index contributed by atoms with van der Waals surface area (Å²) >= 11 is 1.59. The third-order valence-corrected chi connectivity index (χ3v) is 3.44. The van der Waals surface area contributed by atoms with Gasteiger partial charge in [-0.1, -0.05) is 5.16 Å². The van der Waals surface area contributed by atoms with Gasteiger partial charge in [-0.05, 0) is 36.4 Å². The Balaban J connectivity index is 1.97. The molecule has 2 aromatic heterocycles. The Morgan fingerprint density at radius 1 is 1.33 bits per heavy atom. The topological polar surface area (TPSA) is 71.8 Å². The van der Waals surface area contributed by atoms with Gasteiger partial charge in [-0.2, -0.15) is 11.3 Å². The Bertz CT molecular complexity index is 582. The van der Waals surface area contributed by atoms with Crippen molar-refractivity contribution >= 4 is 23.0 Å². The number of carboxylic acid groups (broad SMARTS) is 1. The molecular weight excluding hydrogens is 288 g/mol. The van der Waals surface area contributed by atoms with E-state index >= 15 is 0 Å². The first-order chi connectivity index (χ1) is 10.3. The van der Waals surface area contributed by atoms with E-state index in [1.165, 1.54) is 0 Å². The van der Waals surface area contributed by atoms with Gasteiger partial charge in [0.2, 0.25) is 0 Å². The van der Waals surface area contributed by atoms with Crippen LogP contribution in [0.3, 0.4) is 0 Å². The van der Waals surface area contributed by atoms with Gasteiger partial charge >= 0.3 is 5.97 Å². The molecule has 0 bridgehead atoms. The van der Waals surface area contributed by atoms with Crippen LogP contribution in [0.5, 0.6) is 0 Å². The normalized spacial score (nSPS) is 11.3. The molecule has 0 aromatic carbocycles. The molecule has 2 heterocycles. The van der Waals surface area contributed by atoms with Crippen molar-refractivity contribution in [1.82, 2.24) is 4.98 Å².